The van der Waals surface area contributed by atoms with Crippen molar-refractivity contribution in [2.45, 2.75) is 33.8 Å². The SMILES string of the molecule is CC(N)=Nc1ccc2sc(Nc3ccccc3OC(C)C)nc2c1C. The monoisotopic (exact) mass is 354 g/mol. The summed E-state index contributed by atoms with van der Waals surface area (Å²) in [5, 5.41) is 4.20. The predicted molar refractivity (Wildman–Crippen MR) is 107 cm³/mol. The molecule has 0 atom stereocenters. The van der Waals surface area contributed by atoms with Crippen LogP contribution < -0.4 is 15.8 Å². The van der Waals surface area contributed by atoms with Crippen molar-refractivity contribution in [3.05, 3.63) is 42.0 Å². The van der Waals surface area contributed by atoms with Crippen molar-refractivity contribution >= 4 is 43.9 Å². The molecule has 6 heteroatoms. The number of anilines is 2. The van der Waals surface area contributed by atoms with Crippen LogP contribution in [0.25, 0.3) is 10.2 Å². The lowest BCUT2D eigenvalue weighted by molar-refractivity contribution is 0.244. The molecule has 3 N–H and O–H groups in total. The predicted octanol–water partition coefficient (Wildman–Crippen LogP) is 5.14. The van der Waals surface area contributed by atoms with Gasteiger partial charge in [-0.05, 0) is 52.0 Å². The zero-order valence-electron chi connectivity index (χ0n) is 14.8. The largest absolute Gasteiger partial charge is 0.489 e. The van der Waals surface area contributed by atoms with E-state index in [1.165, 1.54) is 0 Å². The Hall–Kier alpha value is -2.60. The van der Waals surface area contributed by atoms with Gasteiger partial charge in [-0.3, -0.25) is 0 Å². The van der Waals surface area contributed by atoms with Gasteiger partial charge in [0.1, 0.15) is 5.75 Å². The van der Waals surface area contributed by atoms with Gasteiger partial charge in [0.05, 0.1) is 33.5 Å². The van der Waals surface area contributed by atoms with Gasteiger partial charge in [-0.2, -0.15) is 0 Å². The fraction of sp³-hybridized carbons (Fsp3) is 0.263. The smallest absolute Gasteiger partial charge is 0.188 e. The Kier molecular flexibility index (Phi) is 4.90. The van der Waals surface area contributed by atoms with Crippen LogP contribution in [0.1, 0.15) is 26.3 Å². The minimum Gasteiger partial charge on any atom is -0.489 e. The number of aromatic nitrogens is 1. The van der Waals surface area contributed by atoms with Crippen molar-refractivity contribution in [3.8, 4) is 5.75 Å². The number of benzene rings is 2. The highest BCUT2D eigenvalue weighted by Crippen LogP contribution is 2.36. The van der Waals surface area contributed by atoms with Crippen LogP contribution in [0.2, 0.25) is 0 Å². The third-order valence-electron chi connectivity index (χ3n) is 3.57. The highest BCUT2D eigenvalue weighted by Gasteiger charge is 2.12. The number of fused-ring (bicyclic) bond motifs is 1. The number of nitrogens with one attached hydrogen (secondary N) is 1. The van der Waals surface area contributed by atoms with Crippen LogP contribution >= 0.6 is 11.3 Å². The van der Waals surface area contributed by atoms with Crippen molar-refractivity contribution in [1.29, 1.82) is 0 Å². The maximum absolute atomic E-state index is 5.86. The minimum atomic E-state index is 0.112. The maximum atomic E-state index is 5.86. The summed E-state index contributed by atoms with van der Waals surface area (Å²) in [5.41, 5.74) is 9.44. The highest BCUT2D eigenvalue weighted by molar-refractivity contribution is 7.22. The fourth-order valence-electron chi connectivity index (χ4n) is 2.52. The van der Waals surface area contributed by atoms with Crippen LogP contribution in [-0.4, -0.2) is 16.9 Å². The van der Waals surface area contributed by atoms with Crippen LogP contribution in [0, 0.1) is 6.92 Å². The summed E-state index contributed by atoms with van der Waals surface area (Å²) in [5.74, 6) is 1.35. The molecule has 0 radical (unpaired) electrons. The van der Waals surface area contributed by atoms with Crippen molar-refractivity contribution in [3.63, 3.8) is 0 Å². The van der Waals surface area contributed by atoms with E-state index in [0.29, 0.717) is 5.84 Å². The van der Waals surface area contributed by atoms with Gasteiger partial charge in [-0.25, -0.2) is 9.98 Å². The molecule has 3 rings (SSSR count). The molecule has 5 nitrogen and oxygen atoms in total. The number of rotatable bonds is 5. The molecule has 0 fully saturated rings. The van der Waals surface area contributed by atoms with Crippen LogP contribution in [0.15, 0.2) is 41.4 Å². The number of ether oxygens (including phenoxy) is 1. The number of nitrogens with zero attached hydrogens (tertiary/aromatic N) is 2. The second-order valence-electron chi connectivity index (χ2n) is 6.12. The number of amidine groups is 1. The molecule has 0 aliphatic heterocycles. The van der Waals surface area contributed by atoms with Crippen molar-refractivity contribution in [2.24, 2.45) is 10.7 Å². The molecule has 0 aliphatic carbocycles. The summed E-state index contributed by atoms with van der Waals surface area (Å²) in [6, 6.07) is 11.9. The number of aliphatic imine (C=N–C) groups is 1. The number of nitrogens with two attached hydrogens (primary N) is 1. The summed E-state index contributed by atoms with van der Waals surface area (Å²) >= 11 is 1.60. The topological polar surface area (TPSA) is 72.5 Å². The Bertz CT molecular complexity index is 926. The van der Waals surface area contributed by atoms with E-state index in [0.717, 1.165) is 38.0 Å². The van der Waals surface area contributed by atoms with Gasteiger partial charge in [-0.1, -0.05) is 23.5 Å². The molecule has 130 valence electrons. The van der Waals surface area contributed by atoms with Crippen LogP contribution in [-0.2, 0) is 0 Å². The third kappa shape index (κ3) is 3.91. The number of hydrogen-bond acceptors (Lipinski definition) is 5. The van der Waals surface area contributed by atoms with Crippen molar-refractivity contribution < 1.29 is 4.74 Å². The Morgan fingerprint density at radius 3 is 2.72 bits per heavy atom. The van der Waals surface area contributed by atoms with Gasteiger partial charge in [0.2, 0.25) is 0 Å². The Morgan fingerprint density at radius 1 is 1.24 bits per heavy atom. The summed E-state index contributed by atoms with van der Waals surface area (Å²) in [6.07, 6.45) is 0.112. The van der Waals surface area contributed by atoms with Gasteiger partial charge in [0.25, 0.3) is 0 Å². The molecule has 1 aromatic heterocycles. The fourth-order valence-corrected chi connectivity index (χ4v) is 3.46. The summed E-state index contributed by atoms with van der Waals surface area (Å²) in [4.78, 5) is 9.11. The lowest BCUT2D eigenvalue weighted by Crippen LogP contribution is -2.07. The zero-order chi connectivity index (χ0) is 18.0. The van der Waals surface area contributed by atoms with Gasteiger partial charge in [0.15, 0.2) is 5.13 Å². The normalized spacial score (nSPS) is 12.0. The average Bonchev–Trinajstić information content (AvgIpc) is 2.95. The van der Waals surface area contributed by atoms with Gasteiger partial charge in [-0.15, -0.1) is 0 Å². The van der Waals surface area contributed by atoms with Crippen LogP contribution in [0.4, 0.5) is 16.5 Å². The molecular weight excluding hydrogens is 332 g/mol. The van der Waals surface area contributed by atoms with E-state index < -0.39 is 0 Å². The van der Waals surface area contributed by atoms with Crippen LogP contribution in [0.3, 0.4) is 0 Å². The molecule has 1 heterocycles. The van der Waals surface area contributed by atoms with E-state index in [1.807, 2.05) is 57.2 Å². The molecule has 0 saturated carbocycles. The molecule has 3 aromatic rings. The molecule has 0 aliphatic rings. The molecule has 0 spiro atoms. The van der Waals surface area contributed by atoms with E-state index in [1.54, 1.807) is 18.3 Å². The molecule has 25 heavy (non-hydrogen) atoms. The van der Waals surface area contributed by atoms with E-state index >= 15 is 0 Å². The van der Waals surface area contributed by atoms with Gasteiger partial charge >= 0.3 is 0 Å². The lowest BCUT2D eigenvalue weighted by atomic mass is 10.2. The number of hydrogen-bond donors (Lipinski definition) is 2. The minimum absolute atomic E-state index is 0.112. The van der Waals surface area contributed by atoms with Crippen LogP contribution in [0.5, 0.6) is 5.75 Å². The van der Waals surface area contributed by atoms with E-state index in [9.17, 15) is 0 Å². The number of para-hydroxylation sites is 2. The maximum Gasteiger partial charge on any atom is 0.188 e. The standard InChI is InChI=1S/C19H22N4OS/c1-11(2)24-16-8-6-5-7-15(16)22-19-23-18-12(3)14(21-13(4)20)9-10-17(18)25-19/h5-11H,1-4H3,(H2,20,21)(H,22,23). The van der Waals surface area contributed by atoms with Crippen molar-refractivity contribution in [2.75, 3.05) is 5.32 Å². The Labute approximate surface area is 151 Å². The quantitative estimate of drug-likeness (QED) is 0.491. The van der Waals surface area contributed by atoms with E-state index in [2.05, 4.69) is 10.3 Å². The molecule has 0 amide bonds. The van der Waals surface area contributed by atoms with E-state index in [-0.39, 0.29) is 6.10 Å². The first-order chi connectivity index (χ1) is 11.9. The number of thiazole rings is 1. The van der Waals surface area contributed by atoms with Gasteiger partial charge in [0, 0.05) is 5.56 Å². The summed E-state index contributed by atoms with van der Waals surface area (Å²) in [6.45, 7) is 7.82. The first-order valence-electron chi connectivity index (χ1n) is 8.17. The van der Waals surface area contributed by atoms with Crippen molar-refractivity contribution in [1.82, 2.24) is 4.98 Å². The second-order valence-corrected chi connectivity index (χ2v) is 7.15. The third-order valence-corrected chi connectivity index (χ3v) is 4.51. The molecule has 0 bridgehead atoms. The Morgan fingerprint density at radius 2 is 2.00 bits per heavy atom. The Balaban J connectivity index is 1.96. The second kappa shape index (κ2) is 7.11. The summed E-state index contributed by atoms with van der Waals surface area (Å²) < 4.78 is 6.97. The molecule has 0 saturated heterocycles. The van der Waals surface area contributed by atoms with E-state index in [4.69, 9.17) is 15.5 Å². The van der Waals surface area contributed by atoms with Gasteiger partial charge < -0.3 is 15.8 Å². The molecular formula is C19H22N4OS. The highest BCUT2D eigenvalue weighted by atomic mass is 32.1. The first kappa shape index (κ1) is 17.2. The average molecular weight is 354 g/mol. The molecule has 0 unspecified atom stereocenters. The zero-order valence-corrected chi connectivity index (χ0v) is 15.6. The summed E-state index contributed by atoms with van der Waals surface area (Å²) in [7, 11) is 0. The first-order valence-corrected chi connectivity index (χ1v) is 8.99. The molecule has 2 aromatic carbocycles. The number of aryl methyl sites for hydroxylation is 1. The lowest BCUT2D eigenvalue weighted by Gasteiger charge is -2.14.